The summed E-state index contributed by atoms with van der Waals surface area (Å²) < 4.78 is 19.9. The van der Waals surface area contributed by atoms with E-state index in [1.807, 2.05) is 45.9 Å². The van der Waals surface area contributed by atoms with E-state index >= 15 is 0 Å². The molecule has 152 valence electrons. The molecule has 1 aromatic carbocycles. The molecule has 0 fully saturated rings. The molecule has 0 N–H and O–H groups in total. The number of hydrogen-bond acceptors (Lipinski definition) is 5. The van der Waals surface area contributed by atoms with Crippen LogP contribution in [0.3, 0.4) is 0 Å². The number of amides is 2. The highest BCUT2D eigenvalue weighted by Gasteiger charge is 2.36. The molecule has 0 unspecified atom stereocenters. The number of carbonyl (C=O) groups excluding carboxylic acids is 3. The predicted molar refractivity (Wildman–Crippen MR) is 107 cm³/mol. The van der Waals surface area contributed by atoms with Gasteiger partial charge in [-0.3, -0.25) is 4.79 Å². The molecule has 0 heterocycles. The average molecular weight is 408 g/mol. The molecule has 0 saturated heterocycles. The van der Waals surface area contributed by atoms with E-state index in [1.54, 1.807) is 0 Å². The standard InChI is InChI=1S/C20H25FN2O4S/c1-12-7-8-14(13(2)9-12)17-15(24)10-20(3,4)11-16(17)27-19(26)23(6)28-22(5)18(21)25/h7-9H,10-11H2,1-6H3. The number of rotatable bonds is 4. The Kier molecular flexibility index (Phi) is 6.54. The molecule has 28 heavy (non-hydrogen) atoms. The molecule has 0 aromatic heterocycles. The summed E-state index contributed by atoms with van der Waals surface area (Å²) in [6.45, 7) is 7.75. The van der Waals surface area contributed by atoms with Crippen LogP contribution >= 0.6 is 12.1 Å². The highest BCUT2D eigenvalue weighted by atomic mass is 32.2. The van der Waals surface area contributed by atoms with Crippen LogP contribution in [0.5, 0.6) is 0 Å². The van der Waals surface area contributed by atoms with E-state index in [1.165, 1.54) is 14.1 Å². The smallest absolute Gasteiger partial charge is 0.413 e. The van der Waals surface area contributed by atoms with Crippen LogP contribution in [-0.4, -0.2) is 40.7 Å². The average Bonchev–Trinajstić information content (AvgIpc) is 2.54. The second-order valence-electron chi connectivity index (χ2n) is 7.76. The van der Waals surface area contributed by atoms with Crippen molar-refractivity contribution < 1.29 is 23.5 Å². The summed E-state index contributed by atoms with van der Waals surface area (Å²) in [5.74, 6) is 0.206. The largest absolute Gasteiger partial charge is 0.426 e. The number of ether oxygens (including phenoxy) is 1. The zero-order valence-electron chi connectivity index (χ0n) is 17.0. The van der Waals surface area contributed by atoms with Gasteiger partial charge in [0.05, 0.1) is 17.7 Å². The highest BCUT2D eigenvalue weighted by Crippen LogP contribution is 2.42. The lowest BCUT2D eigenvalue weighted by atomic mass is 9.74. The van der Waals surface area contributed by atoms with Crippen molar-refractivity contribution in [3.63, 3.8) is 0 Å². The Morgan fingerprint density at radius 2 is 1.79 bits per heavy atom. The van der Waals surface area contributed by atoms with Crippen LogP contribution in [0.15, 0.2) is 24.0 Å². The summed E-state index contributed by atoms with van der Waals surface area (Å²) in [6.07, 6.45) is -1.72. The summed E-state index contributed by atoms with van der Waals surface area (Å²) in [5.41, 5.74) is 2.77. The van der Waals surface area contributed by atoms with Crippen molar-refractivity contribution in [2.75, 3.05) is 14.1 Å². The lowest BCUT2D eigenvalue weighted by Gasteiger charge is -2.32. The van der Waals surface area contributed by atoms with E-state index in [0.717, 1.165) is 21.0 Å². The van der Waals surface area contributed by atoms with Crippen molar-refractivity contribution in [3.05, 3.63) is 40.6 Å². The molecule has 6 nitrogen and oxygen atoms in total. The maximum Gasteiger partial charge on any atom is 0.426 e. The Hall–Kier alpha value is -2.35. The van der Waals surface area contributed by atoms with Crippen molar-refractivity contribution in [1.82, 2.24) is 8.61 Å². The van der Waals surface area contributed by atoms with E-state index in [0.29, 0.717) is 40.6 Å². The Labute approximate surface area is 169 Å². The van der Waals surface area contributed by atoms with E-state index in [2.05, 4.69) is 0 Å². The lowest BCUT2D eigenvalue weighted by Crippen LogP contribution is -2.31. The van der Waals surface area contributed by atoms with Gasteiger partial charge in [0.15, 0.2) is 5.78 Å². The van der Waals surface area contributed by atoms with Gasteiger partial charge in [0.25, 0.3) is 0 Å². The van der Waals surface area contributed by atoms with Crippen LogP contribution in [0, 0.1) is 19.3 Å². The Bertz CT molecular complexity index is 851. The highest BCUT2D eigenvalue weighted by molar-refractivity contribution is 7.95. The Morgan fingerprint density at radius 1 is 1.14 bits per heavy atom. The quantitative estimate of drug-likeness (QED) is 0.396. The fourth-order valence-corrected chi connectivity index (χ4v) is 3.70. The Morgan fingerprint density at radius 3 is 2.36 bits per heavy atom. The van der Waals surface area contributed by atoms with E-state index < -0.39 is 12.3 Å². The first-order valence-corrected chi connectivity index (χ1v) is 9.55. The third-order valence-corrected chi connectivity index (χ3v) is 5.23. The van der Waals surface area contributed by atoms with E-state index in [9.17, 15) is 18.8 Å². The first-order chi connectivity index (χ1) is 12.9. The molecule has 1 aliphatic carbocycles. The molecular weight excluding hydrogens is 383 g/mol. The van der Waals surface area contributed by atoms with Crippen molar-refractivity contribution in [1.29, 1.82) is 0 Å². The summed E-state index contributed by atoms with van der Waals surface area (Å²) in [5, 5.41) is 0. The second-order valence-corrected chi connectivity index (χ2v) is 9.01. The second kappa shape index (κ2) is 8.34. The van der Waals surface area contributed by atoms with Gasteiger partial charge in [-0.05, 0) is 30.4 Å². The zero-order chi connectivity index (χ0) is 21.2. The van der Waals surface area contributed by atoms with Gasteiger partial charge < -0.3 is 4.74 Å². The number of benzene rings is 1. The van der Waals surface area contributed by atoms with Gasteiger partial charge in [-0.15, -0.1) is 4.39 Å². The molecule has 2 rings (SSSR count). The number of nitrogens with zero attached hydrogens (tertiary/aromatic N) is 2. The number of ketones is 1. The van der Waals surface area contributed by atoms with Gasteiger partial charge in [0, 0.05) is 26.9 Å². The molecule has 0 atom stereocenters. The van der Waals surface area contributed by atoms with Crippen LogP contribution in [-0.2, 0) is 9.53 Å². The zero-order valence-corrected chi connectivity index (χ0v) is 17.8. The van der Waals surface area contributed by atoms with Gasteiger partial charge in [-0.25, -0.2) is 18.2 Å². The van der Waals surface area contributed by atoms with Crippen LogP contribution in [0.25, 0.3) is 5.57 Å². The van der Waals surface area contributed by atoms with Crippen LogP contribution < -0.4 is 0 Å². The number of carbonyl (C=O) groups is 3. The molecule has 1 aliphatic rings. The van der Waals surface area contributed by atoms with E-state index in [4.69, 9.17) is 4.74 Å². The SMILES string of the molecule is Cc1ccc(C2=C(OC(=O)N(C)SN(C)C(=O)F)CC(C)(C)CC2=O)c(C)c1. The fraction of sp³-hybridized carbons (Fsp3) is 0.450. The van der Waals surface area contributed by atoms with E-state index in [-0.39, 0.29) is 11.2 Å². The topological polar surface area (TPSA) is 66.9 Å². The summed E-state index contributed by atoms with van der Waals surface area (Å²) in [7, 11) is 2.56. The third kappa shape index (κ3) is 5.13. The van der Waals surface area contributed by atoms with Gasteiger partial charge in [-0.2, -0.15) is 0 Å². The van der Waals surface area contributed by atoms with Crippen LogP contribution in [0.2, 0.25) is 0 Å². The van der Waals surface area contributed by atoms with Crippen LogP contribution in [0.4, 0.5) is 14.0 Å². The maximum absolute atomic E-state index is 12.9. The van der Waals surface area contributed by atoms with Crippen molar-refractivity contribution in [2.24, 2.45) is 5.41 Å². The Balaban J connectivity index is 2.40. The van der Waals surface area contributed by atoms with Gasteiger partial charge in [0.2, 0.25) is 0 Å². The van der Waals surface area contributed by atoms with Crippen molar-refractivity contribution in [3.8, 4) is 0 Å². The minimum absolute atomic E-state index is 0.0858. The third-order valence-electron chi connectivity index (χ3n) is 4.45. The normalized spacial score (nSPS) is 16.0. The van der Waals surface area contributed by atoms with Gasteiger partial charge >= 0.3 is 12.3 Å². The number of hydrogen-bond donors (Lipinski definition) is 0. The van der Waals surface area contributed by atoms with Crippen LogP contribution in [0.1, 0.15) is 43.4 Å². The maximum atomic E-state index is 12.9. The summed E-state index contributed by atoms with van der Waals surface area (Å²) in [6, 6.07) is 5.74. The van der Waals surface area contributed by atoms with Crippen molar-refractivity contribution in [2.45, 2.75) is 40.5 Å². The number of Topliss-reactive ketones (excluding diaryl/α,β-unsaturated/α-hetero) is 1. The molecule has 0 bridgehead atoms. The summed E-state index contributed by atoms with van der Waals surface area (Å²) >= 11 is 0.567. The molecule has 0 radical (unpaired) electrons. The molecule has 0 spiro atoms. The molecule has 0 aliphatic heterocycles. The minimum Gasteiger partial charge on any atom is -0.413 e. The number of halogens is 1. The predicted octanol–water partition coefficient (Wildman–Crippen LogP) is 5.06. The first kappa shape index (κ1) is 21.9. The lowest BCUT2D eigenvalue weighted by molar-refractivity contribution is -0.116. The monoisotopic (exact) mass is 408 g/mol. The fourth-order valence-electron chi connectivity index (χ4n) is 3.16. The molecule has 8 heteroatoms. The molecule has 1 aromatic rings. The number of aryl methyl sites for hydroxylation is 2. The van der Waals surface area contributed by atoms with Crippen molar-refractivity contribution >= 4 is 35.7 Å². The molecule has 0 saturated carbocycles. The molecule has 2 amide bonds. The summed E-state index contributed by atoms with van der Waals surface area (Å²) in [4.78, 5) is 36.1. The van der Waals surface area contributed by atoms with Gasteiger partial charge in [0.1, 0.15) is 5.76 Å². The number of allylic oxidation sites excluding steroid dienone is 2. The molecular formula is C20H25FN2O4S. The first-order valence-electron chi connectivity index (χ1n) is 8.82. The minimum atomic E-state index is -1.69. The van der Waals surface area contributed by atoms with Gasteiger partial charge in [-0.1, -0.05) is 37.6 Å².